The molecule has 96 valence electrons. The molecule has 4 heteroatoms. The summed E-state index contributed by atoms with van der Waals surface area (Å²) in [5.41, 5.74) is 1.93. The number of benzene rings is 1. The topological polar surface area (TPSA) is 49.4 Å². The van der Waals surface area contributed by atoms with Crippen molar-refractivity contribution in [3.63, 3.8) is 0 Å². The van der Waals surface area contributed by atoms with E-state index in [1.54, 1.807) is 4.90 Å². The van der Waals surface area contributed by atoms with Gasteiger partial charge < -0.3 is 10.2 Å². The Balaban J connectivity index is 1.88. The number of hydrogen-bond acceptors (Lipinski definition) is 2. The number of carbonyl (C=O) groups excluding carboxylic acids is 2. The molecule has 4 nitrogen and oxygen atoms in total. The number of nitrogens with zero attached hydrogens (tertiary/aromatic N) is 1. The van der Waals surface area contributed by atoms with Crippen LogP contribution in [0, 0.1) is 6.92 Å². The Morgan fingerprint density at radius 3 is 2.67 bits per heavy atom. The largest absolute Gasteiger partial charge is 0.333 e. The van der Waals surface area contributed by atoms with Gasteiger partial charge in [0.05, 0.1) is 6.54 Å². The van der Waals surface area contributed by atoms with E-state index < -0.39 is 0 Å². The van der Waals surface area contributed by atoms with Crippen molar-refractivity contribution in [3.05, 3.63) is 29.8 Å². The van der Waals surface area contributed by atoms with Crippen molar-refractivity contribution in [2.75, 3.05) is 18.4 Å². The zero-order valence-corrected chi connectivity index (χ0v) is 10.6. The molecule has 0 radical (unpaired) electrons. The molecule has 0 aromatic heterocycles. The summed E-state index contributed by atoms with van der Waals surface area (Å²) in [6.07, 6.45) is 2.50. The van der Waals surface area contributed by atoms with Crippen LogP contribution in [0.25, 0.3) is 0 Å². The van der Waals surface area contributed by atoms with E-state index in [-0.39, 0.29) is 18.4 Å². The van der Waals surface area contributed by atoms with E-state index in [9.17, 15) is 9.59 Å². The van der Waals surface area contributed by atoms with Crippen LogP contribution in [-0.4, -0.2) is 29.8 Å². The van der Waals surface area contributed by atoms with Gasteiger partial charge in [-0.2, -0.15) is 0 Å². The Labute approximate surface area is 107 Å². The predicted octanol–water partition coefficient (Wildman–Crippen LogP) is 1.95. The van der Waals surface area contributed by atoms with Crippen LogP contribution in [0.1, 0.15) is 24.8 Å². The van der Waals surface area contributed by atoms with Crippen molar-refractivity contribution >= 4 is 17.5 Å². The molecule has 1 heterocycles. The number of anilines is 1. The van der Waals surface area contributed by atoms with Gasteiger partial charge in [0.15, 0.2) is 0 Å². The number of hydrogen-bond donors (Lipinski definition) is 1. The van der Waals surface area contributed by atoms with Crippen LogP contribution in [0.5, 0.6) is 0 Å². The zero-order valence-electron chi connectivity index (χ0n) is 10.6. The molecule has 18 heavy (non-hydrogen) atoms. The zero-order chi connectivity index (χ0) is 13.0. The van der Waals surface area contributed by atoms with Crippen molar-refractivity contribution in [2.45, 2.75) is 26.2 Å². The maximum atomic E-state index is 11.8. The van der Waals surface area contributed by atoms with Gasteiger partial charge in [-0.05, 0) is 31.9 Å². The quantitative estimate of drug-likeness (QED) is 0.886. The molecular weight excluding hydrogens is 228 g/mol. The van der Waals surface area contributed by atoms with Gasteiger partial charge in [0.2, 0.25) is 11.8 Å². The molecule has 0 aliphatic carbocycles. The molecule has 1 aliphatic rings. The minimum Gasteiger partial charge on any atom is -0.333 e. The Morgan fingerprint density at radius 1 is 1.28 bits per heavy atom. The van der Waals surface area contributed by atoms with Crippen LogP contribution in [0.4, 0.5) is 5.69 Å². The molecule has 2 amide bonds. The number of amides is 2. The normalized spacial score (nSPS) is 15.6. The number of nitrogens with one attached hydrogen (secondary N) is 1. The summed E-state index contributed by atoms with van der Waals surface area (Å²) in [4.78, 5) is 25.0. The summed E-state index contributed by atoms with van der Waals surface area (Å²) in [7, 11) is 0. The van der Waals surface area contributed by atoms with Gasteiger partial charge in [0.25, 0.3) is 0 Å². The lowest BCUT2D eigenvalue weighted by molar-refractivity contribution is -0.136. The Bertz CT molecular complexity index is 440. The fraction of sp³-hybridized carbons (Fsp3) is 0.429. The summed E-state index contributed by atoms with van der Waals surface area (Å²) in [5, 5.41) is 2.80. The molecule has 1 aromatic carbocycles. The second kappa shape index (κ2) is 5.67. The van der Waals surface area contributed by atoms with E-state index in [0.717, 1.165) is 24.1 Å². The molecule has 0 saturated carbocycles. The van der Waals surface area contributed by atoms with Crippen LogP contribution >= 0.6 is 0 Å². The molecule has 0 atom stereocenters. The fourth-order valence-corrected chi connectivity index (χ4v) is 2.04. The summed E-state index contributed by atoms with van der Waals surface area (Å²) >= 11 is 0. The third-order valence-corrected chi connectivity index (χ3v) is 3.09. The summed E-state index contributed by atoms with van der Waals surface area (Å²) in [6, 6.07) is 7.62. The number of piperidine rings is 1. The second-order valence-corrected chi connectivity index (χ2v) is 4.69. The van der Waals surface area contributed by atoms with Gasteiger partial charge in [-0.1, -0.05) is 17.7 Å². The molecule has 1 aromatic rings. The van der Waals surface area contributed by atoms with Gasteiger partial charge in [0.1, 0.15) is 0 Å². The van der Waals surface area contributed by atoms with E-state index >= 15 is 0 Å². The number of likely N-dealkylation sites (tertiary alicyclic amines) is 1. The SMILES string of the molecule is Cc1ccc(NC(=O)CN2CCCCC2=O)cc1. The molecule has 1 N–H and O–H groups in total. The summed E-state index contributed by atoms with van der Waals surface area (Å²) < 4.78 is 0. The van der Waals surface area contributed by atoms with Crippen LogP contribution in [0.3, 0.4) is 0 Å². The molecule has 0 unspecified atom stereocenters. The maximum Gasteiger partial charge on any atom is 0.243 e. The first-order valence-corrected chi connectivity index (χ1v) is 6.29. The van der Waals surface area contributed by atoms with Crippen LogP contribution in [-0.2, 0) is 9.59 Å². The lowest BCUT2D eigenvalue weighted by Crippen LogP contribution is -2.40. The lowest BCUT2D eigenvalue weighted by atomic mass is 10.1. The molecule has 1 aliphatic heterocycles. The lowest BCUT2D eigenvalue weighted by Gasteiger charge is -2.25. The highest BCUT2D eigenvalue weighted by Crippen LogP contribution is 2.11. The van der Waals surface area contributed by atoms with Crippen molar-refractivity contribution in [2.24, 2.45) is 0 Å². The van der Waals surface area contributed by atoms with Gasteiger partial charge >= 0.3 is 0 Å². The van der Waals surface area contributed by atoms with E-state index in [4.69, 9.17) is 0 Å². The van der Waals surface area contributed by atoms with E-state index in [1.165, 1.54) is 0 Å². The smallest absolute Gasteiger partial charge is 0.243 e. The molecule has 0 bridgehead atoms. The number of aryl methyl sites for hydroxylation is 1. The molecule has 1 saturated heterocycles. The Kier molecular flexibility index (Phi) is 3.97. The standard InChI is InChI=1S/C14H18N2O2/c1-11-5-7-12(8-6-11)15-13(17)10-16-9-3-2-4-14(16)18/h5-8H,2-4,9-10H2,1H3,(H,15,17). The average molecular weight is 246 g/mol. The first-order chi connectivity index (χ1) is 8.65. The Morgan fingerprint density at radius 2 is 2.00 bits per heavy atom. The summed E-state index contributed by atoms with van der Waals surface area (Å²) in [5.74, 6) is -0.0468. The van der Waals surface area contributed by atoms with Gasteiger partial charge in [-0.25, -0.2) is 0 Å². The second-order valence-electron chi connectivity index (χ2n) is 4.69. The van der Waals surface area contributed by atoms with E-state index in [2.05, 4.69) is 5.32 Å². The maximum absolute atomic E-state index is 11.8. The monoisotopic (exact) mass is 246 g/mol. The highest BCUT2D eigenvalue weighted by atomic mass is 16.2. The third-order valence-electron chi connectivity index (χ3n) is 3.09. The molecule has 1 fully saturated rings. The fourth-order valence-electron chi connectivity index (χ4n) is 2.04. The first-order valence-electron chi connectivity index (χ1n) is 6.29. The van der Waals surface area contributed by atoms with Gasteiger partial charge in [-0.3, -0.25) is 9.59 Å². The van der Waals surface area contributed by atoms with Crippen LogP contribution in [0.15, 0.2) is 24.3 Å². The highest BCUT2D eigenvalue weighted by molar-refractivity contribution is 5.94. The number of rotatable bonds is 3. The first kappa shape index (κ1) is 12.6. The summed E-state index contributed by atoms with van der Waals surface area (Å²) in [6.45, 7) is 2.85. The molecule has 0 spiro atoms. The van der Waals surface area contributed by atoms with E-state index in [1.807, 2.05) is 31.2 Å². The Hall–Kier alpha value is -1.84. The number of carbonyl (C=O) groups is 2. The van der Waals surface area contributed by atoms with Gasteiger partial charge in [0, 0.05) is 18.7 Å². The van der Waals surface area contributed by atoms with E-state index in [0.29, 0.717) is 13.0 Å². The van der Waals surface area contributed by atoms with Crippen molar-refractivity contribution in [3.8, 4) is 0 Å². The van der Waals surface area contributed by atoms with Crippen molar-refractivity contribution in [1.29, 1.82) is 0 Å². The minimum atomic E-state index is -0.130. The van der Waals surface area contributed by atoms with Crippen molar-refractivity contribution in [1.82, 2.24) is 4.90 Å². The average Bonchev–Trinajstić information content (AvgIpc) is 2.35. The third kappa shape index (κ3) is 3.32. The van der Waals surface area contributed by atoms with Crippen LogP contribution < -0.4 is 5.32 Å². The minimum absolute atomic E-state index is 0.0836. The van der Waals surface area contributed by atoms with Crippen LogP contribution in [0.2, 0.25) is 0 Å². The highest BCUT2D eigenvalue weighted by Gasteiger charge is 2.20. The molecular formula is C14H18N2O2. The van der Waals surface area contributed by atoms with Gasteiger partial charge in [-0.15, -0.1) is 0 Å². The predicted molar refractivity (Wildman–Crippen MR) is 70.2 cm³/mol. The molecule has 2 rings (SSSR count). The van der Waals surface area contributed by atoms with Crippen molar-refractivity contribution < 1.29 is 9.59 Å².